The van der Waals surface area contributed by atoms with Crippen molar-refractivity contribution in [3.05, 3.63) is 35.4 Å². The molecule has 88 valence electrons. The summed E-state index contributed by atoms with van der Waals surface area (Å²) >= 11 is 0. The number of methoxy groups -OCH3 is 1. The molecule has 3 nitrogen and oxygen atoms in total. The van der Waals surface area contributed by atoms with Crippen LogP contribution in [-0.2, 0) is 15.9 Å². The molecule has 2 unspecified atom stereocenters. The fraction of sp³-hybridized carbons (Fsp3) is 0.538. The molecule has 1 heterocycles. The van der Waals surface area contributed by atoms with Crippen LogP contribution in [0.15, 0.2) is 24.3 Å². The molecule has 2 rings (SSSR count). The van der Waals surface area contributed by atoms with Crippen LogP contribution in [0.4, 0.5) is 0 Å². The fourth-order valence-electron chi connectivity index (χ4n) is 2.18. The summed E-state index contributed by atoms with van der Waals surface area (Å²) in [6, 6.07) is 8.28. The van der Waals surface area contributed by atoms with Crippen molar-refractivity contribution in [2.24, 2.45) is 0 Å². The lowest BCUT2D eigenvalue weighted by Crippen LogP contribution is -2.23. The number of benzene rings is 1. The molecule has 0 fully saturated rings. The van der Waals surface area contributed by atoms with Gasteiger partial charge in [0.1, 0.15) is 0 Å². The Morgan fingerprint density at radius 2 is 2.31 bits per heavy atom. The maximum atomic E-state index is 9.72. The Labute approximate surface area is 96.0 Å². The zero-order valence-electron chi connectivity index (χ0n) is 9.56. The van der Waals surface area contributed by atoms with Crippen LogP contribution < -0.4 is 0 Å². The molecule has 0 amide bonds. The van der Waals surface area contributed by atoms with E-state index in [0.29, 0.717) is 13.0 Å². The van der Waals surface area contributed by atoms with Crippen LogP contribution in [0.3, 0.4) is 0 Å². The summed E-state index contributed by atoms with van der Waals surface area (Å²) in [6.45, 7) is 1.10. The summed E-state index contributed by atoms with van der Waals surface area (Å²) in [5.74, 6) is 0. The van der Waals surface area contributed by atoms with Crippen LogP contribution in [0.5, 0.6) is 0 Å². The van der Waals surface area contributed by atoms with Gasteiger partial charge in [0.15, 0.2) is 0 Å². The molecule has 1 aliphatic rings. The van der Waals surface area contributed by atoms with E-state index in [1.807, 2.05) is 12.1 Å². The normalized spacial score (nSPS) is 21.5. The Morgan fingerprint density at radius 3 is 3.12 bits per heavy atom. The summed E-state index contributed by atoms with van der Waals surface area (Å²) in [5.41, 5.74) is 2.55. The van der Waals surface area contributed by atoms with Gasteiger partial charge >= 0.3 is 0 Å². The standard InChI is InChI=1S/C13H18O3/c1-15-9-11(14)8-13-12-5-3-2-4-10(12)6-7-16-13/h2-5,11,13-14H,6-9H2,1H3. The van der Waals surface area contributed by atoms with Gasteiger partial charge in [-0.25, -0.2) is 0 Å². The van der Waals surface area contributed by atoms with E-state index in [0.717, 1.165) is 13.0 Å². The minimum Gasteiger partial charge on any atom is -0.391 e. The maximum Gasteiger partial charge on any atom is 0.0853 e. The first-order chi connectivity index (χ1) is 7.81. The topological polar surface area (TPSA) is 38.7 Å². The van der Waals surface area contributed by atoms with Gasteiger partial charge in [-0.15, -0.1) is 0 Å². The third-order valence-electron chi connectivity index (χ3n) is 2.94. The van der Waals surface area contributed by atoms with Gasteiger partial charge in [0.25, 0.3) is 0 Å². The van der Waals surface area contributed by atoms with E-state index in [1.165, 1.54) is 11.1 Å². The predicted molar refractivity (Wildman–Crippen MR) is 61.3 cm³/mol. The first-order valence-corrected chi connectivity index (χ1v) is 5.67. The lowest BCUT2D eigenvalue weighted by atomic mass is 9.94. The molecule has 0 aromatic heterocycles. The van der Waals surface area contributed by atoms with Crippen LogP contribution >= 0.6 is 0 Å². The largest absolute Gasteiger partial charge is 0.391 e. The van der Waals surface area contributed by atoms with E-state index in [1.54, 1.807) is 7.11 Å². The van der Waals surface area contributed by atoms with Crippen molar-refractivity contribution >= 4 is 0 Å². The first-order valence-electron chi connectivity index (χ1n) is 5.67. The molecule has 2 atom stereocenters. The molecule has 0 bridgehead atoms. The quantitative estimate of drug-likeness (QED) is 0.842. The molecular formula is C13H18O3. The van der Waals surface area contributed by atoms with Crippen molar-refractivity contribution in [1.29, 1.82) is 0 Å². The van der Waals surface area contributed by atoms with Crippen molar-refractivity contribution < 1.29 is 14.6 Å². The van der Waals surface area contributed by atoms with E-state index < -0.39 is 6.10 Å². The smallest absolute Gasteiger partial charge is 0.0853 e. The number of rotatable bonds is 4. The summed E-state index contributed by atoms with van der Waals surface area (Å²) in [5, 5.41) is 9.72. The Kier molecular flexibility index (Phi) is 3.93. The van der Waals surface area contributed by atoms with Gasteiger partial charge < -0.3 is 14.6 Å². The second kappa shape index (κ2) is 5.43. The van der Waals surface area contributed by atoms with Crippen LogP contribution in [0.1, 0.15) is 23.7 Å². The number of ether oxygens (including phenoxy) is 2. The zero-order valence-corrected chi connectivity index (χ0v) is 9.56. The zero-order chi connectivity index (χ0) is 11.4. The molecule has 0 spiro atoms. The summed E-state index contributed by atoms with van der Waals surface area (Å²) in [6.07, 6.45) is 1.12. The van der Waals surface area contributed by atoms with Gasteiger partial charge in [-0.3, -0.25) is 0 Å². The van der Waals surface area contributed by atoms with Crippen molar-refractivity contribution in [1.82, 2.24) is 0 Å². The predicted octanol–water partition coefficient (Wildman–Crippen LogP) is 1.70. The molecule has 0 saturated heterocycles. The first kappa shape index (κ1) is 11.6. The van der Waals surface area contributed by atoms with Crippen molar-refractivity contribution in [3.63, 3.8) is 0 Å². The minimum atomic E-state index is -0.457. The van der Waals surface area contributed by atoms with Crippen LogP contribution in [0, 0.1) is 0 Å². The summed E-state index contributed by atoms with van der Waals surface area (Å²) < 4.78 is 10.6. The van der Waals surface area contributed by atoms with Crippen LogP contribution in [0.2, 0.25) is 0 Å². The molecule has 1 aromatic rings. The van der Waals surface area contributed by atoms with E-state index in [-0.39, 0.29) is 6.10 Å². The van der Waals surface area contributed by atoms with E-state index in [9.17, 15) is 5.11 Å². The van der Waals surface area contributed by atoms with Crippen LogP contribution in [0.25, 0.3) is 0 Å². The number of hydrogen-bond acceptors (Lipinski definition) is 3. The Balaban J connectivity index is 2.07. The molecule has 0 radical (unpaired) electrons. The minimum absolute atomic E-state index is 0.00935. The van der Waals surface area contributed by atoms with E-state index in [4.69, 9.17) is 9.47 Å². The average Bonchev–Trinajstić information content (AvgIpc) is 2.30. The molecule has 0 saturated carbocycles. The van der Waals surface area contributed by atoms with Gasteiger partial charge in [0.05, 0.1) is 25.4 Å². The third kappa shape index (κ3) is 2.61. The Bertz CT molecular complexity index is 338. The highest BCUT2D eigenvalue weighted by molar-refractivity contribution is 5.30. The van der Waals surface area contributed by atoms with Crippen molar-refractivity contribution in [2.75, 3.05) is 20.3 Å². The van der Waals surface area contributed by atoms with Gasteiger partial charge in [0, 0.05) is 13.5 Å². The Hall–Kier alpha value is -0.900. The van der Waals surface area contributed by atoms with E-state index >= 15 is 0 Å². The van der Waals surface area contributed by atoms with Gasteiger partial charge in [-0.1, -0.05) is 24.3 Å². The molecule has 16 heavy (non-hydrogen) atoms. The molecular weight excluding hydrogens is 204 g/mol. The van der Waals surface area contributed by atoms with Gasteiger partial charge in [0.2, 0.25) is 0 Å². The molecule has 1 aliphatic heterocycles. The molecule has 1 N–H and O–H groups in total. The number of hydrogen-bond donors (Lipinski definition) is 1. The SMILES string of the molecule is COCC(O)CC1OCCc2ccccc21. The third-order valence-corrected chi connectivity index (χ3v) is 2.94. The summed E-state index contributed by atoms with van der Waals surface area (Å²) in [4.78, 5) is 0. The van der Waals surface area contributed by atoms with Crippen LogP contribution in [-0.4, -0.2) is 31.5 Å². The number of aliphatic hydroxyl groups is 1. The second-order valence-corrected chi connectivity index (χ2v) is 4.15. The summed E-state index contributed by atoms with van der Waals surface area (Å²) in [7, 11) is 1.60. The highest BCUT2D eigenvalue weighted by atomic mass is 16.5. The monoisotopic (exact) mass is 222 g/mol. The van der Waals surface area contributed by atoms with Gasteiger partial charge in [-0.05, 0) is 17.5 Å². The molecule has 1 aromatic carbocycles. The second-order valence-electron chi connectivity index (χ2n) is 4.15. The lowest BCUT2D eigenvalue weighted by Gasteiger charge is -2.27. The van der Waals surface area contributed by atoms with Gasteiger partial charge in [-0.2, -0.15) is 0 Å². The lowest BCUT2D eigenvalue weighted by molar-refractivity contribution is -0.0170. The molecule has 3 heteroatoms. The number of aliphatic hydroxyl groups excluding tert-OH is 1. The number of fused-ring (bicyclic) bond motifs is 1. The van der Waals surface area contributed by atoms with Crippen molar-refractivity contribution in [3.8, 4) is 0 Å². The highest BCUT2D eigenvalue weighted by Gasteiger charge is 2.22. The Morgan fingerprint density at radius 1 is 1.50 bits per heavy atom. The van der Waals surface area contributed by atoms with Crippen molar-refractivity contribution in [2.45, 2.75) is 25.0 Å². The highest BCUT2D eigenvalue weighted by Crippen LogP contribution is 2.30. The average molecular weight is 222 g/mol. The maximum absolute atomic E-state index is 9.72. The van der Waals surface area contributed by atoms with E-state index in [2.05, 4.69) is 12.1 Å². The molecule has 0 aliphatic carbocycles. The fourth-order valence-corrected chi connectivity index (χ4v) is 2.18.